The number of likely N-dealkylation sites (tertiary alicyclic amines) is 1. The van der Waals surface area contributed by atoms with Gasteiger partial charge in [0.15, 0.2) is 0 Å². The van der Waals surface area contributed by atoms with E-state index in [4.69, 9.17) is 9.47 Å². The molecule has 3 amide bonds. The van der Waals surface area contributed by atoms with Crippen LogP contribution in [-0.2, 0) is 24.3 Å². The van der Waals surface area contributed by atoms with Crippen molar-refractivity contribution in [1.29, 1.82) is 0 Å². The van der Waals surface area contributed by atoms with E-state index in [0.29, 0.717) is 36.5 Å². The number of nitrogens with one attached hydrogen (secondary N) is 1. The summed E-state index contributed by atoms with van der Waals surface area (Å²) < 4.78 is 38.0. The van der Waals surface area contributed by atoms with Gasteiger partial charge in [0.1, 0.15) is 23.5 Å². The number of hydrogen-bond acceptors (Lipinski definition) is 9. The molecule has 220 valence electrons. The number of ether oxygens (including phenoxy) is 2. The summed E-state index contributed by atoms with van der Waals surface area (Å²) in [5, 5.41) is 10.8. The number of phenols is 1. The molecule has 3 fully saturated rings. The van der Waals surface area contributed by atoms with E-state index in [1.54, 1.807) is 45.0 Å². The Morgan fingerprint density at radius 2 is 1.85 bits per heavy atom. The van der Waals surface area contributed by atoms with Crippen LogP contribution in [0.1, 0.15) is 52.9 Å². The summed E-state index contributed by atoms with van der Waals surface area (Å²) >= 11 is 0. The third kappa shape index (κ3) is 6.72. The molecule has 3 aliphatic rings. The number of carbonyl (C=O) groups is 3. The maximum absolute atomic E-state index is 13.8. The summed E-state index contributed by atoms with van der Waals surface area (Å²) in [5.41, 5.74) is -0.806. The molecule has 0 bridgehead atoms. The van der Waals surface area contributed by atoms with Crippen molar-refractivity contribution < 1.29 is 37.4 Å². The zero-order valence-corrected chi connectivity index (χ0v) is 24.0. The van der Waals surface area contributed by atoms with E-state index < -0.39 is 50.9 Å². The van der Waals surface area contributed by atoms with Crippen molar-refractivity contribution in [2.24, 2.45) is 0 Å². The first-order valence-electron chi connectivity index (χ1n) is 13.6. The van der Waals surface area contributed by atoms with Gasteiger partial charge in [0.05, 0.1) is 11.8 Å². The fraction of sp³-hybridized carbons (Fsp3) is 0.500. The Morgan fingerprint density at radius 1 is 1.12 bits per heavy atom. The summed E-state index contributed by atoms with van der Waals surface area (Å²) in [6.07, 6.45) is 5.11. The Kier molecular flexibility index (Phi) is 7.58. The van der Waals surface area contributed by atoms with Crippen LogP contribution in [0.4, 0.5) is 4.79 Å². The SMILES string of the molecule is CC(C)(C)OC(=O)N1CC(Oc2nccc3c(O)cccc23)CC1C(=O)N(C=CC(=O)NS(=O)(=O)C1CC1)C1CC1. The Balaban J connectivity index is 1.36. The Bertz CT molecular complexity index is 1490. The highest BCUT2D eigenvalue weighted by Gasteiger charge is 2.46. The third-order valence-electron chi connectivity index (χ3n) is 6.99. The molecule has 2 atom stereocenters. The van der Waals surface area contributed by atoms with E-state index in [-0.39, 0.29) is 30.6 Å². The van der Waals surface area contributed by atoms with E-state index in [9.17, 15) is 27.9 Å². The number of rotatable bonds is 8. The van der Waals surface area contributed by atoms with E-state index in [1.165, 1.54) is 22.2 Å². The largest absolute Gasteiger partial charge is 0.507 e. The maximum Gasteiger partial charge on any atom is 0.411 e. The normalized spacial score (nSPS) is 21.2. The van der Waals surface area contributed by atoms with Gasteiger partial charge in [-0.25, -0.2) is 22.9 Å². The van der Waals surface area contributed by atoms with E-state index in [2.05, 4.69) is 4.98 Å². The molecule has 1 aromatic heterocycles. The lowest BCUT2D eigenvalue weighted by Gasteiger charge is -2.30. The van der Waals surface area contributed by atoms with Crippen molar-refractivity contribution in [3.05, 3.63) is 42.7 Å². The molecular formula is C28H34N4O8S. The molecule has 1 saturated heterocycles. The predicted octanol–water partition coefficient (Wildman–Crippen LogP) is 2.81. The van der Waals surface area contributed by atoms with Gasteiger partial charge < -0.3 is 19.5 Å². The van der Waals surface area contributed by atoms with Gasteiger partial charge in [0.25, 0.3) is 5.91 Å². The van der Waals surface area contributed by atoms with Crippen LogP contribution >= 0.6 is 0 Å². The minimum absolute atomic E-state index is 0.0462. The van der Waals surface area contributed by atoms with Crippen molar-refractivity contribution in [1.82, 2.24) is 19.5 Å². The number of aromatic hydroxyl groups is 1. The lowest BCUT2D eigenvalue weighted by Crippen LogP contribution is -2.48. The molecule has 2 unspecified atom stereocenters. The molecule has 2 saturated carbocycles. The highest BCUT2D eigenvalue weighted by molar-refractivity contribution is 7.91. The van der Waals surface area contributed by atoms with E-state index >= 15 is 0 Å². The molecule has 2 aromatic rings. The number of hydrogen-bond donors (Lipinski definition) is 2. The minimum atomic E-state index is -3.73. The van der Waals surface area contributed by atoms with Gasteiger partial charge in [-0.2, -0.15) is 0 Å². The number of aromatic nitrogens is 1. The fourth-order valence-electron chi connectivity index (χ4n) is 4.74. The lowest BCUT2D eigenvalue weighted by molar-refractivity contribution is -0.133. The van der Waals surface area contributed by atoms with Crippen LogP contribution in [0.15, 0.2) is 42.7 Å². The first kappa shape index (κ1) is 28.7. The summed E-state index contributed by atoms with van der Waals surface area (Å²) in [6.45, 7) is 5.23. The van der Waals surface area contributed by atoms with Gasteiger partial charge in [-0.1, -0.05) is 6.07 Å². The molecule has 0 spiro atoms. The number of carbonyl (C=O) groups excluding carboxylic acids is 3. The molecular weight excluding hydrogens is 552 g/mol. The molecule has 2 N–H and O–H groups in total. The molecule has 2 heterocycles. The Labute approximate surface area is 238 Å². The van der Waals surface area contributed by atoms with Crippen molar-refractivity contribution in [2.75, 3.05) is 6.54 Å². The van der Waals surface area contributed by atoms with E-state index in [0.717, 1.165) is 6.08 Å². The maximum atomic E-state index is 13.8. The van der Waals surface area contributed by atoms with Crippen LogP contribution in [0.2, 0.25) is 0 Å². The number of nitrogens with zero attached hydrogens (tertiary/aromatic N) is 3. The summed E-state index contributed by atoms with van der Waals surface area (Å²) in [6, 6.07) is 5.52. The van der Waals surface area contributed by atoms with Crippen molar-refractivity contribution >= 4 is 38.7 Å². The summed E-state index contributed by atoms with van der Waals surface area (Å²) in [5.74, 6) is -0.932. The number of amides is 3. The van der Waals surface area contributed by atoms with Gasteiger partial charge in [-0.05, 0) is 64.7 Å². The molecule has 12 nitrogen and oxygen atoms in total. The standard InChI is InChI=1S/C28H34N4O8S/c1-28(2,3)40-27(36)32-16-18(39-25-21-5-4-6-23(33)20(21)11-13-29-25)15-22(32)26(35)31(17-7-8-17)14-12-24(34)30-41(37,38)19-9-10-19/h4-6,11-14,17-19,22,33H,7-10,15-16H2,1-3H3,(H,30,34). The third-order valence-corrected chi connectivity index (χ3v) is 8.82. The number of fused-ring (bicyclic) bond motifs is 1. The second-order valence-electron chi connectivity index (χ2n) is 11.6. The van der Waals surface area contributed by atoms with Gasteiger partial charge >= 0.3 is 6.09 Å². The molecule has 0 radical (unpaired) electrons. The first-order chi connectivity index (χ1) is 19.3. The van der Waals surface area contributed by atoms with Gasteiger partial charge in [-0.15, -0.1) is 0 Å². The smallest absolute Gasteiger partial charge is 0.411 e. The van der Waals surface area contributed by atoms with Crippen LogP contribution in [0.25, 0.3) is 10.8 Å². The lowest BCUT2D eigenvalue weighted by atomic mass is 10.1. The van der Waals surface area contributed by atoms with Gasteiger partial charge in [-0.3, -0.25) is 14.5 Å². The topological polar surface area (TPSA) is 155 Å². The quantitative estimate of drug-likeness (QED) is 0.444. The number of sulfonamides is 1. The number of phenolic OH excluding ortho intramolecular Hbond substituents is 1. The first-order valence-corrected chi connectivity index (χ1v) is 15.2. The average molecular weight is 587 g/mol. The van der Waals surface area contributed by atoms with Crippen LogP contribution in [-0.4, -0.2) is 81.8 Å². The second kappa shape index (κ2) is 10.8. The average Bonchev–Trinajstić information content (AvgIpc) is 3.81. The number of benzene rings is 1. The second-order valence-corrected chi connectivity index (χ2v) is 13.6. The molecule has 1 aliphatic heterocycles. The zero-order chi connectivity index (χ0) is 29.5. The predicted molar refractivity (Wildman–Crippen MR) is 148 cm³/mol. The molecule has 13 heteroatoms. The zero-order valence-electron chi connectivity index (χ0n) is 23.1. The van der Waals surface area contributed by atoms with Crippen molar-refractivity contribution in [3.8, 4) is 11.6 Å². The summed E-state index contributed by atoms with van der Waals surface area (Å²) in [4.78, 5) is 46.4. The monoisotopic (exact) mass is 586 g/mol. The van der Waals surface area contributed by atoms with Crippen LogP contribution in [0, 0.1) is 0 Å². The van der Waals surface area contributed by atoms with Crippen LogP contribution in [0.3, 0.4) is 0 Å². The van der Waals surface area contributed by atoms with E-state index in [1.807, 2.05) is 4.72 Å². The molecule has 5 rings (SSSR count). The molecule has 1 aromatic carbocycles. The van der Waals surface area contributed by atoms with Crippen molar-refractivity contribution in [3.63, 3.8) is 0 Å². The van der Waals surface area contributed by atoms with Crippen molar-refractivity contribution in [2.45, 2.75) is 81.9 Å². The number of pyridine rings is 1. The highest BCUT2D eigenvalue weighted by Crippen LogP contribution is 2.34. The summed E-state index contributed by atoms with van der Waals surface area (Å²) in [7, 11) is -3.73. The molecule has 2 aliphatic carbocycles. The molecule has 41 heavy (non-hydrogen) atoms. The Morgan fingerprint density at radius 3 is 2.51 bits per heavy atom. The fourth-order valence-corrected chi connectivity index (χ4v) is 6.01. The van der Waals surface area contributed by atoms with Gasteiger partial charge in [0, 0.05) is 41.7 Å². The Hall–Kier alpha value is -3.87. The van der Waals surface area contributed by atoms with Crippen LogP contribution in [0.5, 0.6) is 11.6 Å². The van der Waals surface area contributed by atoms with Gasteiger partial charge in [0.2, 0.25) is 21.8 Å². The minimum Gasteiger partial charge on any atom is -0.507 e. The highest BCUT2D eigenvalue weighted by atomic mass is 32.2. The van der Waals surface area contributed by atoms with Crippen LogP contribution < -0.4 is 9.46 Å².